The molecule has 0 saturated carbocycles. The first-order valence-corrected chi connectivity index (χ1v) is 5.01. The zero-order chi connectivity index (χ0) is 9.40. The standard InChI is InChI=1S/C11H23N/c1-10(2)7-5-4-6-8-11(3)9-12/h4,6,10-11H,5,7-9,12H2,1-3H3. The van der Waals surface area contributed by atoms with Crippen molar-refractivity contribution < 1.29 is 0 Å². The van der Waals surface area contributed by atoms with Crippen molar-refractivity contribution in [2.75, 3.05) is 6.54 Å². The zero-order valence-electron chi connectivity index (χ0n) is 8.72. The van der Waals surface area contributed by atoms with Gasteiger partial charge in [-0.3, -0.25) is 0 Å². The van der Waals surface area contributed by atoms with E-state index in [2.05, 4.69) is 32.9 Å². The molecule has 12 heavy (non-hydrogen) atoms. The van der Waals surface area contributed by atoms with Crippen LogP contribution in [0.5, 0.6) is 0 Å². The van der Waals surface area contributed by atoms with Crippen LogP contribution in [0.3, 0.4) is 0 Å². The van der Waals surface area contributed by atoms with Crippen LogP contribution >= 0.6 is 0 Å². The van der Waals surface area contributed by atoms with Crippen LogP contribution in [0.15, 0.2) is 12.2 Å². The molecule has 1 atom stereocenters. The van der Waals surface area contributed by atoms with Crippen LogP contribution < -0.4 is 5.73 Å². The summed E-state index contributed by atoms with van der Waals surface area (Å²) < 4.78 is 0. The van der Waals surface area contributed by atoms with Gasteiger partial charge in [-0.1, -0.05) is 32.9 Å². The molecule has 0 spiro atoms. The fourth-order valence-electron chi connectivity index (χ4n) is 0.972. The van der Waals surface area contributed by atoms with E-state index in [4.69, 9.17) is 5.73 Å². The fraction of sp³-hybridized carbons (Fsp3) is 0.818. The summed E-state index contributed by atoms with van der Waals surface area (Å²) in [5.74, 6) is 1.46. The second-order valence-corrected chi connectivity index (χ2v) is 4.02. The first kappa shape index (κ1) is 11.7. The number of allylic oxidation sites excluding steroid dienone is 2. The molecule has 0 aliphatic heterocycles. The predicted molar refractivity (Wildman–Crippen MR) is 56.0 cm³/mol. The summed E-state index contributed by atoms with van der Waals surface area (Å²) in [6.45, 7) is 7.51. The van der Waals surface area contributed by atoms with E-state index >= 15 is 0 Å². The lowest BCUT2D eigenvalue weighted by Gasteiger charge is -2.03. The van der Waals surface area contributed by atoms with Gasteiger partial charge in [0.25, 0.3) is 0 Å². The molecule has 2 N–H and O–H groups in total. The predicted octanol–water partition coefficient (Wildman–Crippen LogP) is 2.96. The lowest BCUT2D eigenvalue weighted by molar-refractivity contribution is 0.586. The number of nitrogens with two attached hydrogens (primary N) is 1. The highest BCUT2D eigenvalue weighted by atomic mass is 14.5. The van der Waals surface area contributed by atoms with Crippen LogP contribution in [-0.2, 0) is 0 Å². The Bertz CT molecular complexity index is 116. The minimum absolute atomic E-state index is 0.639. The van der Waals surface area contributed by atoms with E-state index in [-0.39, 0.29) is 0 Å². The molecule has 1 nitrogen and oxygen atoms in total. The Hall–Kier alpha value is -0.300. The molecular weight excluding hydrogens is 146 g/mol. The van der Waals surface area contributed by atoms with E-state index < -0.39 is 0 Å². The maximum absolute atomic E-state index is 5.50. The van der Waals surface area contributed by atoms with Gasteiger partial charge in [-0.25, -0.2) is 0 Å². The molecule has 0 bridgehead atoms. The summed E-state index contributed by atoms with van der Waals surface area (Å²) in [6, 6.07) is 0. The first-order valence-electron chi connectivity index (χ1n) is 5.01. The highest BCUT2D eigenvalue weighted by Crippen LogP contribution is 2.06. The molecule has 72 valence electrons. The Kier molecular flexibility index (Phi) is 7.17. The van der Waals surface area contributed by atoms with Crippen molar-refractivity contribution in [3.8, 4) is 0 Å². The molecule has 0 aromatic rings. The van der Waals surface area contributed by atoms with Crippen molar-refractivity contribution in [2.45, 2.75) is 40.0 Å². The van der Waals surface area contributed by atoms with Gasteiger partial charge in [0.05, 0.1) is 0 Å². The molecule has 0 heterocycles. The smallest absolute Gasteiger partial charge is 0.00485 e. The summed E-state index contributed by atoms with van der Waals surface area (Å²) in [4.78, 5) is 0. The van der Waals surface area contributed by atoms with E-state index in [9.17, 15) is 0 Å². The molecule has 0 aliphatic rings. The van der Waals surface area contributed by atoms with E-state index in [0.717, 1.165) is 18.9 Å². The summed E-state index contributed by atoms with van der Waals surface area (Å²) >= 11 is 0. The minimum atomic E-state index is 0.639. The Morgan fingerprint density at radius 2 is 1.83 bits per heavy atom. The highest BCUT2D eigenvalue weighted by Gasteiger charge is 1.94. The number of hydrogen-bond donors (Lipinski definition) is 1. The van der Waals surface area contributed by atoms with Gasteiger partial charge < -0.3 is 5.73 Å². The highest BCUT2D eigenvalue weighted by molar-refractivity contribution is 4.83. The third-order valence-electron chi connectivity index (χ3n) is 2.02. The van der Waals surface area contributed by atoms with Gasteiger partial charge in [-0.2, -0.15) is 0 Å². The summed E-state index contributed by atoms with van der Waals surface area (Å²) in [5.41, 5.74) is 5.50. The van der Waals surface area contributed by atoms with Crippen molar-refractivity contribution in [2.24, 2.45) is 17.6 Å². The molecule has 0 radical (unpaired) electrons. The average Bonchev–Trinajstić information content (AvgIpc) is 2.03. The summed E-state index contributed by atoms with van der Waals surface area (Å²) in [7, 11) is 0. The van der Waals surface area contributed by atoms with Crippen LogP contribution in [-0.4, -0.2) is 6.54 Å². The molecule has 0 aliphatic carbocycles. The lowest BCUT2D eigenvalue weighted by atomic mass is 10.1. The van der Waals surface area contributed by atoms with Gasteiger partial charge >= 0.3 is 0 Å². The van der Waals surface area contributed by atoms with E-state index in [1.54, 1.807) is 0 Å². The normalized spacial score (nSPS) is 14.4. The van der Waals surface area contributed by atoms with Crippen LogP contribution in [0.25, 0.3) is 0 Å². The third kappa shape index (κ3) is 7.80. The van der Waals surface area contributed by atoms with Gasteiger partial charge in [0.1, 0.15) is 0 Å². The molecule has 0 fully saturated rings. The molecule has 1 heteroatoms. The van der Waals surface area contributed by atoms with Crippen molar-refractivity contribution in [1.82, 2.24) is 0 Å². The van der Waals surface area contributed by atoms with Crippen molar-refractivity contribution in [3.63, 3.8) is 0 Å². The minimum Gasteiger partial charge on any atom is -0.330 e. The largest absolute Gasteiger partial charge is 0.330 e. The molecule has 0 aromatic heterocycles. The van der Waals surface area contributed by atoms with Gasteiger partial charge in [0, 0.05) is 0 Å². The number of hydrogen-bond acceptors (Lipinski definition) is 1. The topological polar surface area (TPSA) is 26.0 Å². The van der Waals surface area contributed by atoms with Crippen LogP contribution in [0.4, 0.5) is 0 Å². The first-order chi connectivity index (χ1) is 5.66. The maximum atomic E-state index is 5.50. The van der Waals surface area contributed by atoms with Crippen LogP contribution in [0.2, 0.25) is 0 Å². The second kappa shape index (κ2) is 7.35. The van der Waals surface area contributed by atoms with Crippen LogP contribution in [0, 0.1) is 11.8 Å². The molecule has 0 aromatic carbocycles. The van der Waals surface area contributed by atoms with E-state index in [1.807, 2.05) is 0 Å². The SMILES string of the molecule is CC(C)CCC=CCC(C)CN. The summed E-state index contributed by atoms with van der Waals surface area (Å²) in [6.07, 6.45) is 8.20. The summed E-state index contributed by atoms with van der Waals surface area (Å²) in [5, 5.41) is 0. The van der Waals surface area contributed by atoms with Crippen molar-refractivity contribution in [1.29, 1.82) is 0 Å². The lowest BCUT2D eigenvalue weighted by Crippen LogP contribution is -2.09. The molecule has 1 unspecified atom stereocenters. The van der Waals surface area contributed by atoms with Gasteiger partial charge in [0.15, 0.2) is 0 Å². The zero-order valence-corrected chi connectivity index (χ0v) is 8.72. The van der Waals surface area contributed by atoms with Crippen molar-refractivity contribution >= 4 is 0 Å². The quantitative estimate of drug-likeness (QED) is 0.608. The maximum Gasteiger partial charge on any atom is -0.00485 e. The Balaban J connectivity index is 3.25. The Labute approximate surface area is 77.0 Å². The third-order valence-corrected chi connectivity index (χ3v) is 2.02. The second-order valence-electron chi connectivity index (χ2n) is 4.02. The van der Waals surface area contributed by atoms with Gasteiger partial charge in [-0.05, 0) is 37.6 Å². The molecule has 0 amide bonds. The molecular formula is C11H23N. The number of rotatable bonds is 6. The van der Waals surface area contributed by atoms with Crippen molar-refractivity contribution in [3.05, 3.63) is 12.2 Å². The fourth-order valence-corrected chi connectivity index (χ4v) is 0.972. The van der Waals surface area contributed by atoms with E-state index in [1.165, 1.54) is 12.8 Å². The monoisotopic (exact) mass is 169 g/mol. The van der Waals surface area contributed by atoms with Gasteiger partial charge in [-0.15, -0.1) is 0 Å². The Morgan fingerprint density at radius 3 is 2.33 bits per heavy atom. The van der Waals surface area contributed by atoms with E-state index in [0.29, 0.717) is 5.92 Å². The molecule has 0 rings (SSSR count). The van der Waals surface area contributed by atoms with Gasteiger partial charge in [0.2, 0.25) is 0 Å². The Morgan fingerprint density at radius 1 is 1.17 bits per heavy atom. The average molecular weight is 169 g/mol. The molecule has 0 saturated heterocycles. The van der Waals surface area contributed by atoms with Crippen LogP contribution in [0.1, 0.15) is 40.0 Å².